The summed E-state index contributed by atoms with van der Waals surface area (Å²) in [5, 5.41) is 9.63. The van der Waals surface area contributed by atoms with E-state index in [1.54, 1.807) is 19.3 Å². The van der Waals surface area contributed by atoms with Crippen LogP contribution in [-0.2, 0) is 0 Å². The van der Waals surface area contributed by atoms with Gasteiger partial charge in [0.15, 0.2) is 0 Å². The van der Waals surface area contributed by atoms with Crippen LogP contribution >= 0.6 is 15.9 Å². The number of benzene rings is 1. The van der Waals surface area contributed by atoms with E-state index >= 15 is 0 Å². The first-order valence-corrected chi connectivity index (χ1v) is 6.01. The maximum atomic E-state index is 9.63. The lowest BCUT2D eigenvalue weighted by atomic mass is 10.1. The summed E-state index contributed by atoms with van der Waals surface area (Å²) < 4.78 is 6.55. The Morgan fingerprint density at radius 1 is 1.29 bits per heavy atom. The first kappa shape index (κ1) is 12.1. The van der Waals surface area contributed by atoms with Crippen LogP contribution in [0.2, 0.25) is 0 Å². The van der Waals surface area contributed by atoms with Crippen molar-refractivity contribution in [2.24, 2.45) is 0 Å². The number of hydrogen-bond donors (Lipinski definition) is 1. The summed E-state index contributed by atoms with van der Waals surface area (Å²) in [6.07, 6.45) is 2.75. The zero-order valence-electron chi connectivity index (χ0n) is 9.30. The molecule has 4 heteroatoms. The number of halogens is 1. The second-order valence-corrected chi connectivity index (χ2v) is 4.57. The Kier molecular flexibility index (Phi) is 3.76. The SMILES string of the molecule is CC(O)c1ccccc1Oc1cncc(Br)c1. The lowest BCUT2D eigenvalue weighted by molar-refractivity contribution is 0.195. The zero-order valence-corrected chi connectivity index (χ0v) is 10.9. The number of aromatic nitrogens is 1. The van der Waals surface area contributed by atoms with Crippen LogP contribution in [-0.4, -0.2) is 10.1 Å². The van der Waals surface area contributed by atoms with Gasteiger partial charge in [0.1, 0.15) is 11.5 Å². The number of rotatable bonds is 3. The lowest BCUT2D eigenvalue weighted by Crippen LogP contribution is -1.95. The Morgan fingerprint density at radius 2 is 2.06 bits per heavy atom. The molecule has 0 bridgehead atoms. The molecular weight excluding hydrogens is 282 g/mol. The summed E-state index contributed by atoms with van der Waals surface area (Å²) in [6, 6.07) is 9.22. The standard InChI is InChI=1S/C13H12BrNO2/c1-9(16)12-4-2-3-5-13(12)17-11-6-10(14)7-15-8-11/h2-9,16H,1H3. The summed E-state index contributed by atoms with van der Waals surface area (Å²) >= 11 is 3.33. The predicted molar refractivity (Wildman–Crippen MR) is 69.1 cm³/mol. The van der Waals surface area contributed by atoms with E-state index in [1.807, 2.05) is 30.3 Å². The summed E-state index contributed by atoms with van der Waals surface area (Å²) in [7, 11) is 0. The Balaban J connectivity index is 2.30. The second-order valence-electron chi connectivity index (χ2n) is 3.65. The van der Waals surface area contributed by atoms with Crippen LogP contribution in [0.3, 0.4) is 0 Å². The number of hydrogen-bond acceptors (Lipinski definition) is 3. The molecule has 2 rings (SSSR count). The molecule has 0 aliphatic rings. The zero-order chi connectivity index (χ0) is 12.3. The molecular formula is C13H12BrNO2. The van der Waals surface area contributed by atoms with Crippen molar-refractivity contribution in [1.29, 1.82) is 0 Å². The highest BCUT2D eigenvalue weighted by molar-refractivity contribution is 9.10. The van der Waals surface area contributed by atoms with Crippen LogP contribution < -0.4 is 4.74 Å². The fourth-order valence-corrected chi connectivity index (χ4v) is 1.84. The van der Waals surface area contributed by atoms with Crippen LogP contribution in [0.15, 0.2) is 47.2 Å². The minimum atomic E-state index is -0.564. The second kappa shape index (κ2) is 5.29. The number of aliphatic hydroxyl groups is 1. The highest BCUT2D eigenvalue weighted by Gasteiger charge is 2.09. The van der Waals surface area contributed by atoms with Gasteiger partial charge < -0.3 is 9.84 Å². The van der Waals surface area contributed by atoms with Gasteiger partial charge in [-0.05, 0) is 35.0 Å². The van der Waals surface area contributed by atoms with Gasteiger partial charge >= 0.3 is 0 Å². The fourth-order valence-electron chi connectivity index (χ4n) is 1.49. The van der Waals surface area contributed by atoms with Gasteiger partial charge in [-0.3, -0.25) is 4.98 Å². The minimum absolute atomic E-state index is 0.564. The van der Waals surface area contributed by atoms with Gasteiger partial charge in [0.2, 0.25) is 0 Å². The summed E-state index contributed by atoms with van der Waals surface area (Å²) in [5.41, 5.74) is 0.757. The van der Waals surface area contributed by atoms with Crippen molar-refractivity contribution < 1.29 is 9.84 Å². The topological polar surface area (TPSA) is 42.4 Å². The molecule has 17 heavy (non-hydrogen) atoms. The molecule has 0 aliphatic carbocycles. The van der Waals surface area contributed by atoms with Crippen molar-refractivity contribution in [3.8, 4) is 11.5 Å². The molecule has 0 fully saturated rings. The number of ether oxygens (including phenoxy) is 1. The van der Waals surface area contributed by atoms with E-state index in [9.17, 15) is 5.11 Å². The predicted octanol–water partition coefficient (Wildman–Crippen LogP) is 3.69. The van der Waals surface area contributed by atoms with E-state index in [-0.39, 0.29) is 0 Å². The Labute approximate surface area is 108 Å². The van der Waals surface area contributed by atoms with E-state index in [2.05, 4.69) is 20.9 Å². The molecule has 1 aromatic carbocycles. The Morgan fingerprint density at radius 3 is 2.76 bits per heavy atom. The third kappa shape index (κ3) is 3.05. The molecule has 0 spiro atoms. The van der Waals surface area contributed by atoms with E-state index in [4.69, 9.17) is 4.74 Å². The van der Waals surface area contributed by atoms with Gasteiger partial charge in [0, 0.05) is 16.2 Å². The van der Waals surface area contributed by atoms with Crippen LogP contribution in [0.25, 0.3) is 0 Å². The highest BCUT2D eigenvalue weighted by Crippen LogP contribution is 2.29. The normalized spacial score (nSPS) is 12.2. The summed E-state index contributed by atoms with van der Waals surface area (Å²) in [5.74, 6) is 1.27. The third-order valence-corrected chi connectivity index (χ3v) is 2.71. The van der Waals surface area contributed by atoms with Gasteiger partial charge in [-0.2, -0.15) is 0 Å². The molecule has 1 N–H and O–H groups in total. The number of nitrogens with zero attached hydrogens (tertiary/aromatic N) is 1. The summed E-state index contributed by atoms with van der Waals surface area (Å²) in [4.78, 5) is 4.02. The largest absolute Gasteiger partial charge is 0.455 e. The molecule has 1 atom stereocenters. The van der Waals surface area contributed by atoms with E-state index in [0.717, 1.165) is 10.0 Å². The monoisotopic (exact) mass is 293 g/mol. The molecule has 0 saturated carbocycles. The fraction of sp³-hybridized carbons (Fsp3) is 0.154. The van der Waals surface area contributed by atoms with Crippen molar-refractivity contribution >= 4 is 15.9 Å². The molecule has 0 aliphatic heterocycles. The third-order valence-electron chi connectivity index (χ3n) is 2.28. The van der Waals surface area contributed by atoms with Crippen LogP contribution in [0.4, 0.5) is 0 Å². The van der Waals surface area contributed by atoms with Gasteiger partial charge in [0.05, 0.1) is 12.3 Å². The van der Waals surface area contributed by atoms with Crippen molar-refractivity contribution in [2.45, 2.75) is 13.0 Å². The number of pyridine rings is 1. The van der Waals surface area contributed by atoms with E-state index in [1.165, 1.54) is 0 Å². The van der Waals surface area contributed by atoms with Crippen LogP contribution in [0.5, 0.6) is 11.5 Å². The van der Waals surface area contributed by atoms with Crippen LogP contribution in [0.1, 0.15) is 18.6 Å². The van der Waals surface area contributed by atoms with Crippen molar-refractivity contribution in [1.82, 2.24) is 4.98 Å². The van der Waals surface area contributed by atoms with Gasteiger partial charge in [0.25, 0.3) is 0 Å². The van der Waals surface area contributed by atoms with E-state index < -0.39 is 6.10 Å². The smallest absolute Gasteiger partial charge is 0.146 e. The molecule has 0 radical (unpaired) electrons. The van der Waals surface area contributed by atoms with Crippen molar-refractivity contribution in [3.05, 3.63) is 52.8 Å². The number of aliphatic hydroxyl groups excluding tert-OH is 1. The van der Waals surface area contributed by atoms with E-state index in [0.29, 0.717) is 11.5 Å². The van der Waals surface area contributed by atoms with Gasteiger partial charge in [-0.15, -0.1) is 0 Å². The minimum Gasteiger partial charge on any atom is -0.455 e. The quantitative estimate of drug-likeness (QED) is 0.938. The molecule has 0 saturated heterocycles. The molecule has 3 nitrogen and oxygen atoms in total. The van der Waals surface area contributed by atoms with Gasteiger partial charge in [-0.25, -0.2) is 0 Å². The molecule has 0 amide bonds. The molecule has 88 valence electrons. The molecule has 2 aromatic rings. The van der Waals surface area contributed by atoms with Gasteiger partial charge in [-0.1, -0.05) is 18.2 Å². The van der Waals surface area contributed by atoms with Crippen LogP contribution in [0, 0.1) is 0 Å². The lowest BCUT2D eigenvalue weighted by Gasteiger charge is -2.12. The van der Waals surface area contributed by atoms with Crippen molar-refractivity contribution in [3.63, 3.8) is 0 Å². The first-order valence-electron chi connectivity index (χ1n) is 5.22. The maximum Gasteiger partial charge on any atom is 0.146 e. The van der Waals surface area contributed by atoms with Crippen molar-refractivity contribution in [2.75, 3.05) is 0 Å². The highest BCUT2D eigenvalue weighted by atomic mass is 79.9. The average molecular weight is 294 g/mol. The Bertz CT molecular complexity index is 514. The average Bonchev–Trinajstić information content (AvgIpc) is 2.29. The maximum absolute atomic E-state index is 9.63. The summed E-state index contributed by atoms with van der Waals surface area (Å²) in [6.45, 7) is 1.71. The molecule has 1 unspecified atom stereocenters. The first-order chi connectivity index (χ1) is 8.16. The Hall–Kier alpha value is -1.39. The number of para-hydroxylation sites is 1. The molecule has 1 heterocycles. The molecule has 1 aromatic heterocycles.